The molecule has 0 aliphatic heterocycles. The molecule has 0 spiro atoms. The lowest BCUT2D eigenvalue weighted by Crippen LogP contribution is -2.30. The fraction of sp³-hybridized carbons (Fsp3) is 0.364. The number of aliphatic hydroxyl groups excluding tert-OH is 2. The zero-order valence-electron chi connectivity index (χ0n) is 9.65. The van der Waals surface area contributed by atoms with E-state index in [0.29, 0.717) is 0 Å². The highest BCUT2D eigenvalue weighted by atomic mass is 16.6. The van der Waals surface area contributed by atoms with Crippen LogP contribution in [0.15, 0.2) is 24.3 Å². The number of rotatable bonds is 5. The number of aliphatic hydroxyl groups is 2. The summed E-state index contributed by atoms with van der Waals surface area (Å²) in [6.45, 7) is 1.58. The van der Waals surface area contributed by atoms with E-state index in [9.17, 15) is 25.1 Å². The Labute approximate surface area is 103 Å². The third kappa shape index (κ3) is 3.02. The minimum Gasteiger partial charge on any atom is -0.464 e. The van der Waals surface area contributed by atoms with Gasteiger partial charge in [0.2, 0.25) is 0 Å². The largest absolute Gasteiger partial charge is 0.464 e. The second-order valence-electron chi connectivity index (χ2n) is 3.46. The maximum Gasteiger partial charge on any atom is 0.338 e. The standard InChI is InChI=1S/C11H13NO6/c1-2-18-11(15)10(14)9(13)7-5-3-4-6-8(7)12(16)17/h3-6,9-10,13-14H,2H2,1H3. The van der Waals surface area contributed by atoms with Crippen LogP contribution >= 0.6 is 0 Å². The number of esters is 1. The smallest absolute Gasteiger partial charge is 0.338 e. The summed E-state index contributed by atoms with van der Waals surface area (Å²) in [7, 11) is 0. The van der Waals surface area contributed by atoms with Crippen molar-refractivity contribution in [2.75, 3.05) is 6.61 Å². The lowest BCUT2D eigenvalue weighted by atomic mass is 10.0. The summed E-state index contributed by atoms with van der Waals surface area (Å²) in [5.41, 5.74) is -0.503. The van der Waals surface area contributed by atoms with Crippen LogP contribution in [0.2, 0.25) is 0 Å². The maximum absolute atomic E-state index is 11.2. The van der Waals surface area contributed by atoms with E-state index in [0.717, 1.165) is 0 Å². The number of para-hydroxylation sites is 1. The van der Waals surface area contributed by atoms with E-state index in [4.69, 9.17) is 0 Å². The van der Waals surface area contributed by atoms with Crippen molar-refractivity contribution in [1.82, 2.24) is 0 Å². The molecule has 1 rings (SSSR count). The fourth-order valence-corrected chi connectivity index (χ4v) is 1.43. The fourth-order valence-electron chi connectivity index (χ4n) is 1.43. The molecular weight excluding hydrogens is 242 g/mol. The quantitative estimate of drug-likeness (QED) is 0.451. The topological polar surface area (TPSA) is 110 Å². The Hall–Kier alpha value is -1.99. The molecule has 1 aromatic carbocycles. The average Bonchev–Trinajstić information content (AvgIpc) is 2.37. The molecule has 7 heteroatoms. The van der Waals surface area contributed by atoms with Gasteiger partial charge in [-0.15, -0.1) is 0 Å². The minimum atomic E-state index is -1.86. The summed E-state index contributed by atoms with van der Waals surface area (Å²) >= 11 is 0. The van der Waals surface area contributed by atoms with Gasteiger partial charge in [-0.05, 0) is 13.0 Å². The Kier molecular flexibility index (Phi) is 4.75. The van der Waals surface area contributed by atoms with E-state index in [1.807, 2.05) is 0 Å². The third-order valence-corrected chi connectivity index (χ3v) is 2.28. The van der Waals surface area contributed by atoms with Gasteiger partial charge < -0.3 is 14.9 Å². The zero-order chi connectivity index (χ0) is 13.7. The van der Waals surface area contributed by atoms with Crippen LogP contribution in [0.1, 0.15) is 18.6 Å². The van der Waals surface area contributed by atoms with Crippen molar-refractivity contribution in [3.8, 4) is 0 Å². The first-order valence-corrected chi connectivity index (χ1v) is 5.25. The van der Waals surface area contributed by atoms with E-state index in [1.54, 1.807) is 6.92 Å². The van der Waals surface area contributed by atoms with E-state index in [2.05, 4.69) is 4.74 Å². The Morgan fingerprint density at radius 1 is 1.44 bits per heavy atom. The van der Waals surface area contributed by atoms with Gasteiger partial charge in [0, 0.05) is 6.07 Å². The molecular formula is C11H13NO6. The predicted molar refractivity (Wildman–Crippen MR) is 60.7 cm³/mol. The Morgan fingerprint density at radius 2 is 2.06 bits per heavy atom. The lowest BCUT2D eigenvalue weighted by Gasteiger charge is -2.16. The van der Waals surface area contributed by atoms with Gasteiger partial charge in [0.25, 0.3) is 5.69 Å². The van der Waals surface area contributed by atoms with Crippen LogP contribution in [0.4, 0.5) is 5.69 Å². The molecule has 0 bridgehead atoms. The highest BCUT2D eigenvalue weighted by molar-refractivity contribution is 5.75. The van der Waals surface area contributed by atoms with Crippen molar-refractivity contribution in [1.29, 1.82) is 0 Å². The zero-order valence-corrected chi connectivity index (χ0v) is 9.65. The van der Waals surface area contributed by atoms with Crippen LogP contribution in [0, 0.1) is 10.1 Å². The number of carbonyl (C=O) groups is 1. The Balaban J connectivity index is 2.99. The summed E-state index contributed by atoms with van der Waals surface area (Å²) in [4.78, 5) is 21.3. The number of nitro benzene ring substituents is 1. The van der Waals surface area contributed by atoms with Gasteiger partial charge in [-0.25, -0.2) is 4.79 Å². The average molecular weight is 255 g/mol. The molecule has 0 heterocycles. The number of ether oxygens (including phenoxy) is 1. The van der Waals surface area contributed by atoms with E-state index in [1.165, 1.54) is 24.3 Å². The van der Waals surface area contributed by atoms with Crippen LogP contribution in [-0.4, -0.2) is 33.8 Å². The highest BCUT2D eigenvalue weighted by Crippen LogP contribution is 2.27. The summed E-state index contributed by atoms with van der Waals surface area (Å²) < 4.78 is 4.53. The van der Waals surface area contributed by atoms with Crippen LogP contribution < -0.4 is 0 Å². The first-order valence-electron chi connectivity index (χ1n) is 5.25. The van der Waals surface area contributed by atoms with Crippen molar-refractivity contribution < 1.29 is 24.7 Å². The Bertz CT molecular complexity index is 447. The van der Waals surface area contributed by atoms with Gasteiger partial charge >= 0.3 is 5.97 Å². The lowest BCUT2D eigenvalue weighted by molar-refractivity contribution is -0.386. The molecule has 2 unspecified atom stereocenters. The van der Waals surface area contributed by atoms with Crippen molar-refractivity contribution in [2.45, 2.75) is 19.1 Å². The first kappa shape index (κ1) is 14.1. The molecule has 0 aromatic heterocycles. The van der Waals surface area contributed by atoms with Gasteiger partial charge in [0.15, 0.2) is 6.10 Å². The van der Waals surface area contributed by atoms with Gasteiger partial charge in [-0.1, -0.05) is 12.1 Å². The van der Waals surface area contributed by atoms with Crippen LogP contribution in [0.3, 0.4) is 0 Å². The Morgan fingerprint density at radius 3 is 2.61 bits per heavy atom. The van der Waals surface area contributed by atoms with Gasteiger partial charge in [0.1, 0.15) is 6.10 Å². The highest BCUT2D eigenvalue weighted by Gasteiger charge is 2.31. The number of benzene rings is 1. The number of hydrogen-bond acceptors (Lipinski definition) is 6. The van der Waals surface area contributed by atoms with Crippen molar-refractivity contribution >= 4 is 11.7 Å². The van der Waals surface area contributed by atoms with E-state index >= 15 is 0 Å². The minimum absolute atomic E-state index is 0.0412. The normalized spacial score (nSPS) is 13.7. The van der Waals surface area contributed by atoms with E-state index in [-0.39, 0.29) is 17.9 Å². The third-order valence-electron chi connectivity index (χ3n) is 2.28. The number of nitro groups is 1. The molecule has 0 amide bonds. The van der Waals surface area contributed by atoms with Crippen molar-refractivity contribution in [2.24, 2.45) is 0 Å². The summed E-state index contributed by atoms with van der Waals surface area (Å²) in [5.74, 6) is -1.02. The van der Waals surface area contributed by atoms with Crippen LogP contribution in [-0.2, 0) is 9.53 Å². The van der Waals surface area contributed by atoms with Crippen LogP contribution in [0.5, 0.6) is 0 Å². The number of hydrogen-bond donors (Lipinski definition) is 2. The predicted octanol–water partition coefficient (Wildman–Crippen LogP) is 0.552. The van der Waals surface area contributed by atoms with Crippen molar-refractivity contribution in [3.05, 3.63) is 39.9 Å². The van der Waals surface area contributed by atoms with Crippen LogP contribution in [0.25, 0.3) is 0 Å². The molecule has 0 saturated heterocycles. The molecule has 2 N–H and O–H groups in total. The van der Waals surface area contributed by atoms with Gasteiger partial charge in [0.05, 0.1) is 17.1 Å². The molecule has 18 heavy (non-hydrogen) atoms. The summed E-state index contributed by atoms with van der Waals surface area (Å²) in [5, 5.41) is 30.0. The number of nitrogens with zero attached hydrogens (tertiary/aromatic N) is 1. The second kappa shape index (κ2) is 6.08. The molecule has 0 aliphatic rings. The second-order valence-corrected chi connectivity index (χ2v) is 3.46. The maximum atomic E-state index is 11.2. The molecule has 1 aromatic rings. The molecule has 7 nitrogen and oxygen atoms in total. The molecule has 0 radical (unpaired) electrons. The summed E-state index contributed by atoms with van der Waals surface area (Å²) in [6, 6.07) is 5.33. The molecule has 0 aliphatic carbocycles. The van der Waals surface area contributed by atoms with Gasteiger partial charge in [-0.2, -0.15) is 0 Å². The van der Waals surface area contributed by atoms with Gasteiger partial charge in [-0.3, -0.25) is 10.1 Å². The SMILES string of the molecule is CCOC(=O)C(O)C(O)c1ccccc1[N+](=O)[O-]. The molecule has 98 valence electrons. The van der Waals surface area contributed by atoms with Crippen molar-refractivity contribution in [3.63, 3.8) is 0 Å². The monoisotopic (exact) mass is 255 g/mol. The van der Waals surface area contributed by atoms with E-state index < -0.39 is 23.1 Å². The molecule has 0 saturated carbocycles. The number of carbonyl (C=O) groups excluding carboxylic acids is 1. The molecule has 0 fully saturated rings. The first-order chi connectivity index (χ1) is 8.49. The summed E-state index contributed by atoms with van der Waals surface area (Å²) in [6.07, 6.45) is -3.56. The molecule has 2 atom stereocenters.